The first-order valence-corrected chi connectivity index (χ1v) is 9.45. The van der Waals surface area contributed by atoms with Crippen molar-refractivity contribution in [2.75, 3.05) is 23.3 Å². The maximum Gasteiger partial charge on any atom is 0.231 e. The number of carbonyl (C=O) groups is 1. The maximum absolute atomic E-state index is 12.6. The Morgan fingerprint density at radius 2 is 2.00 bits per heavy atom. The van der Waals surface area contributed by atoms with Crippen molar-refractivity contribution in [3.05, 3.63) is 22.5 Å². The number of hydrogen-bond donors (Lipinski definition) is 1. The number of carbonyl (C=O) groups excluding carboxylic acids is 1. The average Bonchev–Trinajstić information content (AvgIpc) is 3.03. The van der Waals surface area contributed by atoms with Gasteiger partial charge < -0.3 is 10.2 Å². The Bertz CT molecular complexity index is 739. The molecule has 25 heavy (non-hydrogen) atoms. The van der Waals surface area contributed by atoms with Gasteiger partial charge in [-0.05, 0) is 32.8 Å². The Hall–Kier alpha value is -2.09. The van der Waals surface area contributed by atoms with Gasteiger partial charge in [0, 0.05) is 30.4 Å². The van der Waals surface area contributed by atoms with Crippen LogP contribution in [0.4, 0.5) is 11.1 Å². The highest BCUT2D eigenvalue weighted by Gasteiger charge is 2.28. The van der Waals surface area contributed by atoms with Crippen LogP contribution in [-0.4, -0.2) is 39.2 Å². The van der Waals surface area contributed by atoms with Crippen LogP contribution in [0.1, 0.15) is 49.0 Å². The highest BCUT2D eigenvalue weighted by atomic mass is 32.1. The van der Waals surface area contributed by atoms with Crippen molar-refractivity contribution in [3.63, 3.8) is 0 Å². The number of nitrogens with zero attached hydrogens (tertiary/aromatic N) is 5. The number of aromatic nitrogens is 4. The molecule has 0 spiro atoms. The number of anilines is 2. The van der Waals surface area contributed by atoms with Gasteiger partial charge in [-0.2, -0.15) is 0 Å². The van der Waals surface area contributed by atoms with Crippen LogP contribution in [0, 0.1) is 19.8 Å². The van der Waals surface area contributed by atoms with Gasteiger partial charge in [-0.1, -0.05) is 25.2 Å². The van der Waals surface area contributed by atoms with Crippen LogP contribution < -0.4 is 10.2 Å². The van der Waals surface area contributed by atoms with E-state index >= 15 is 0 Å². The molecule has 0 bridgehead atoms. The van der Waals surface area contributed by atoms with Crippen LogP contribution >= 0.6 is 11.3 Å². The van der Waals surface area contributed by atoms with Crippen LogP contribution in [0.5, 0.6) is 0 Å². The lowest BCUT2D eigenvalue weighted by Gasteiger charge is -2.32. The SMILES string of the molecule is Cc1cc(C)nc(N2CCC[C@@H](C(=O)Nc3nnc(C(C)C)s3)C2)n1. The third-order valence-corrected chi connectivity index (χ3v) is 5.35. The molecule has 3 heterocycles. The van der Waals surface area contributed by atoms with E-state index in [0.717, 1.165) is 35.8 Å². The lowest BCUT2D eigenvalue weighted by atomic mass is 9.97. The van der Waals surface area contributed by atoms with Crippen molar-refractivity contribution in [1.29, 1.82) is 0 Å². The van der Waals surface area contributed by atoms with Gasteiger partial charge in [-0.3, -0.25) is 4.79 Å². The van der Waals surface area contributed by atoms with Crippen LogP contribution in [0.3, 0.4) is 0 Å². The normalized spacial score (nSPS) is 17.8. The van der Waals surface area contributed by atoms with E-state index in [2.05, 4.69) is 44.2 Å². The lowest BCUT2D eigenvalue weighted by molar-refractivity contribution is -0.120. The number of amides is 1. The quantitative estimate of drug-likeness (QED) is 0.902. The average molecular weight is 360 g/mol. The van der Waals surface area contributed by atoms with Crippen LogP contribution in [0.15, 0.2) is 6.07 Å². The van der Waals surface area contributed by atoms with Crippen LogP contribution in [0.25, 0.3) is 0 Å². The lowest BCUT2D eigenvalue weighted by Crippen LogP contribution is -2.41. The number of rotatable bonds is 4. The molecule has 0 saturated carbocycles. The predicted octanol–water partition coefficient (Wildman–Crippen LogP) is 2.92. The Morgan fingerprint density at radius 1 is 1.28 bits per heavy atom. The smallest absolute Gasteiger partial charge is 0.231 e. The van der Waals surface area contributed by atoms with Crippen molar-refractivity contribution in [2.24, 2.45) is 5.92 Å². The van der Waals surface area contributed by atoms with Gasteiger partial charge in [0.2, 0.25) is 17.0 Å². The Labute approximate surface area is 151 Å². The number of nitrogens with one attached hydrogen (secondary N) is 1. The zero-order valence-corrected chi connectivity index (χ0v) is 15.9. The molecule has 0 aromatic carbocycles. The fourth-order valence-corrected chi connectivity index (χ4v) is 3.70. The largest absolute Gasteiger partial charge is 0.340 e. The molecule has 1 N–H and O–H groups in total. The molecular formula is C17H24N6OS. The molecule has 2 aromatic heterocycles. The second-order valence-corrected chi connectivity index (χ2v) is 7.83. The van der Waals surface area contributed by atoms with Crippen LogP contribution in [-0.2, 0) is 4.79 Å². The summed E-state index contributed by atoms with van der Waals surface area (Å²) in [6.07, 6.45) is 1.81. The molecule has 2 aromatic rings. The zero-order valence-electron chi connectivity index (χ0n) is 15.1. The Morgan fingerprint density at radius 3 is 2.64 bits per heavy atom. The molecule has 1 fully saturated rings. The van der Waals surface area contributed by atoms with E-state index in [4.69, 9.17) is 0 Å². The number of hydrogen-bond acceptors (Lipinski definition) is 7. The summed E-state index contributed by atoms with van der Waals surface area (Å²) in [5, 5.41) is 12.6. The molecular weight excluding hydrogens is 336 g/mol. The van der Waals surface area contributed by atoms with Gasteiger partial charge in [-0.25, -0.2) is 9.97 Å². The third kappa shape index (κ3) is 4.31. The molecule has 1 saturated heterocycles. The van der Waals surface area contributed by atoms with Crippen molar-refractivity contribution in [1.82, 2.24) is 20.2 Å². The predicted molar refractivity (Wildman–Crippen MR) is 99.1 cm³/mol. The fourth-order valence-electron chi connectivity index (χ4n) is 2.95. The minimum atomic E-state index is -0.0930. The van der Waals surface area contributed by atoms with Gasteiger partial charge >= 0.3 is 0 Å². The second-order valence-electron chi connectivity index (χ2n) is 6.83. The van der Waals surface area contributed by atoms with Gasteiger partial charge in [0.25, 0.3) is 0 Å². The summed E-state index contributed by atoms with van der Waals surface area (Å²) in [4.78, 5) is 23.8. The van der Waals surface area contributed by atoms with Gasteiger partial charge in [0.05, 0.1) is 5.92 Å². The zero-order chi connectivity index (χ0) is 18.0. The molecule has 0 unspecified atom stereocenters. The first-order chi connectivity index (χ1) is 11.9. The number of aryl methyl sites for hydroxylation is 2. The summed E-state index contributed by atoms with van der Waals surface area (Å²) in [6, 6.07) is 1.96. The molecule has 7 nitrogen and oxygen atoms in total. The number of piperidine rings is 1. The van der Waals surface area contributed by atoms with E-state index in [0.29, 0.717) is 23.5 Å². The van der Waals surface area contributed by atoms with E-state index in [1.54, 1.807) is 0 Å². The highest BCUT2D eigenvalue weighted by Crippen LogP contribution is 2.25. The standard InChI is InChI=1S/C17H24N6OS/c1-10(2)15-21-22-17(25-15)20-14(24)13-6-5-7-23(9-13)16-18-11(3)8-12(4)19-16/h8,10,13H,5-7,9H2,1-4H3,(H,20,22,24)/t13-/m1/s1. The molecule has 3 rings (SSSR count). The van der Waals surface area contributed by atoms with Gasteiger partial charge in [0.1, 0.15) is 5.01 Å². The summed E-state index contributed by atoms with van der Waals surface area (Å²) in [7, 11) is 0. The summed E-state index contributed by atoms with van der Waals surface area (Å²) in [5.41, 5.74) is 1.90. The first kappa shape index (κ1) is 17.7. The summed E-state index contributed by atoms with van der Waals surface area (Å²) in [6.45, 7) is 9.57. The highest BCUT2D eigenvalue weighted by molar-refractivity contribution is 7.15. The van der Waals surface area contributed by atoms with Crippen LogP contribution in [0.2, 0.25) is 0 Å². The topological polar surface area (TPSA) is 83.9 Å². The Kier molecular flexibility index (Phi) is 5.27. The van der Waals surface area contributed by atoms with E-state index < -0.39 is 0 Å². The van der Waals surface area contributed by atoms with Crippen molar-refractivity contribution < 1.29 is 4.79 Å². The molecule has 1 amide bonds. The molecule has 134 valence electrons. The molecule has 1 aliphatic rings. The monoisotopic (exact) mass is 360 g/mol. The molecule has 1 aliphatic heterocycles. The van der Waals surface area contributed by atoms with Crippen molar-refractivity contribution in [3.8, 4) is 0 Å². The van der Waals surface area contributed by atoms with Gasteiger partial charge in [-0.15, -0.1) is 10.2 Å². The van der Waals surface area contributed by atoms with Gasteiger partial charge in [0.15, 0.2) is 0 Å². The molecule has 0 radical (unpaired) electrons. The van der Waals surface area contributed by atoms with Crippen molar-refractivity contribution in [2.45, 2.75) is 46.5 Å². The molecule has 0 aliphatic carbocycles. The molecule has 1 atom stereocenters. The summed E-state index contributed by atoms with van der Waals surface area (Å²) in [5.74, 6) is 0.938. The maximum atomic E-state index is 12.6. The minimum Gasteiger partial charge on any atom is -0.340 e. The third-order valence-electron chi connectivity index (χ3n) is 4.21. The van der Waals surface area contributed by atoms with E-state index in [1.807, 2.05) is 19.9 Å². The minimum absolute atomic E-state index is 0.000492. The van der Waals surface area contributed by atoms with E-state index in [-0.39, 0.29) is 11.8 Å². The summed E-state index contributed by atoms with van der Waals surface area (Å²) >= 11 is 1.44. The fraction of sp³-hybridized carbons (Fsp3) is 0.588. The second kappa shape index (κ2) is 7.43. The first-order valence-electron chi connectivity index (χ1n) is 8.64. The Balaban J connectivity index is 1.66. The van der Waals surface area contributed by atoms with E-state index in [9.17, 15) is 4.79 Å². The van der Waals surface area contributed by atoms with E-state index in [1.165, 1.54) is 11.3 Å². The van der Waals surface area contributed by atoms with Crippen molar-refractivity contribution >= 4 is 28.3 Å². The summed E-state index contributed by atoms with van der Waals surface area (Å²) < 4.78 is 0. The molecule has 8 heteroatoms.